The van der Waals surface area contributed by atoms with Gasteiger partial charge in [-0.15, -0.1) is 0 Å². The normalized spacial score (nSPS) is 12.0. The second-order valence-electron chi connectivity index (χ2n) is 4.79. The molecule has 2 aromatic rings. The molecule has 0 saturated carbocycles. The number of benzene rings is 2. The molecule has 21 heavy (non-hydrogen) atoms. The van der Waals surface area contributed by atoms with Gasteiger partial charge in [0, 0.05) is 21.2 Å². The van der Waals surface area contributed by atoms with E-state index in [0.29, 0.717) is 10.6 Å². The van der Waals surface area contributed by atoms with Crippen molar-refractivity contribution in [3.05, 3.63) is 66.2 Å². The number of nitro groups is 1. The topological polar surface area (TPSA) is 55.2 Å². The maximum Gasteiger partial charge on any atom is 0.272 e. The van der Waals surface area contributed by atoms with Crippen LogP contribution in [-0.2, 0) is 0 Å². The first-order valence-corrected chi connectivity index (χ1v) is 7.80. The minimum atomic E-state index is -0.358. The molecule has 0 fully saturated rings. The van der Waals surface area contributed by atoms with E-state index < -0.39 is 0 Å². The molecule has 0 aliphatic heterocycles. The molecule has 0 aliphatic carbocycles. The predicted molar refractivity (Wildman–Crippen MR) is 94.0 cm³/mol. The fourth-order valence-corrected chi connectivity index (χ4v) is 2.93. The van der Waals surface area contributed by atoms with Crippen molar-refractivity contribution >= 4 is 45.6 Å². The lowest BCUT2D eigenvalue weighted by molar-refractivity contribution is -0.385. The summed E-state index contributed by atoms with van der Waals surface area (Å²) >= 11 is 8.39. The van der Waals surface area contributed by atoms with Gasteiger partial charge in [-0.3, -0.25) is 10.1 Å². The summed E-state index contributed by atoms with van der Waals surface area (Å²) < 4.78 is 1.06. The minimum absolute atomic E-state index is 0.0816. The quantitative estimate of drug-likeness (QED) is 0.416. The van der Waals surface area contributed by atoms with E-state index >= 15 is 0 Å². The summed E-state index contributed by atoms with van der Waals surface area (Å²) in [6.07, 6.45) is 0. The molecule has 1 atom stereocenters. The van der Waals surface area contributed by atoms with Crippen LogP contribution in [0.15, 0.2) is 36.4 Å². The van der Waals surface area contributed by atoms with Crippen LogP contribution in [0.5, 0.6) is 0 Å². The summed E-state index contributed by atoms with van der Waals surface area (Å²) in [6.45, 7) is 3.68. The Balaban J connectivity index is 2.26. The lowest BCUT2D eigenvalue weighted by atomic mass is 10.0. The van der Waals surface area contributed by atoms with E-state index in [9.17, 15) is 10.1 Å². The van der Waals surface area contributed by atoms with Gasteiger partial charge < -0.3 is 5.32 Å². The lowest BCUT2D eigenvalue weighted by Gasteiger charge is -2.17. The maximum atomic E-state index is 11.0. The summed E-state index contributed by atoms with van der Waals surface area (Å²) in [7, 11) is 0. The van der Waals surface area contributed by atoms with Crippen molar-refractivity contribution < 1.29 is 4.92 Å². The van der Waals surface area contributed by atoms with Gasteiger partial charge >= 0.3 is 0 Å². The Hall–Kier alpha value is -1.34. The Labute approximate surface area is 141 Å². The van der Waals surface area contributed by atoms with Crippen LogP contribution in [0.4, 0.5) is 11.4 Å². The second-order valence-corrected chi connectivity index (χ2v) is 6.45. The standard InChI is InChI=1S/C15H14ClIN2O2/c1-9-3-4-11(7-15(9)19(20)21)10(2)18-14-6-5-12(17)8-13(14)16/h3-8,10,18H,1-2H3. The smallest absolute Gasteiger partial charge is 0.272 e. The molecule has 0 amide bonds. The van der Waals surface area contributed by atoms with Crippen molar-refractivity contribution in [3.63, 3.8) is 0 Å². The van der Waals surface area contributed by atoms with E-state index in [1.807, 2.05) is 31.2 Å². The molecule has 1 N–H and O–H groups in total. The van der Waals surface area contributed by atoms with Gasteiger partial charge in [0.05, 0.1) is 15.6 Å². The Kier molecular flexibility index (Phi) is 5.05. The maximum absolute atomic E-state index is 11.0. The molecule has 1 unspecified atom stereocenters. The van der Waals surface area contributed by atoms with E-state index in [0.717, 1.165) is 14.8 Å². The van der Waals surface area contributed by atoms with Crippen LogP contribution in [-0.4, -0.2) is 4.92 Å². The van der Waals surface area contributed by atoms with Gasteiger partial charge in [-0.25, -0.2) is 0 Å². The summed E-state index contributed by atoms with van der Waals surface area (Å²) in [5.41, 5.74) is 2.45. The summed E-state index contributed by atoms with van der Waals surface area (Å²) in [6, 6.07) is 10.9. The zero-order chi connectivity index (χ0) is 15.6. The molecule has 0 heterocycles. The molecular formula is C15H14ClIN2O2. The van der Waals surface area contributed by atoms with E-state index in [4.69, 9.17) is 11.6 Å². The van der Waals surface area contributed by atoms with Gasteiger partial charge in [0.1, 0.15) is 0 Å². The number of hydrogen-bond acceptors (Lipinski definition) is 3. The molecule has 0 radical (unpaired) electrons. The summed E-state index contributed by atoms with van der Waals surface area (Å²) in [5, 5.41) is 14.9. The minimum Gasteiger partial charge on any atom is -0.377 e. The average molecular weight is 417 g/mol. The first-order chi connectivity index (χ1) is 9.88. The van der Waals surface area contributed by atoms with Crippen LogP contribution >= 0.6 is 34.2 Å². The van der Waals surface area contributed by atoms with Gasteiger partial charge in [0.25, 0.3) is 5.69 Å². The molecule has 4 nitrogen and oxygen atoms in total. The molecule has 0 saturated heterocycles. The Morgan fingerprint density at radius 2 is 2.00 bits per heavy atom. The Morgan fingerprint density at radius 3 is 2.62 bits per heavy atom. The first kappa shape index (κ1) is 16.0. The third-order valence-electron chi connectivity index (χ3n) is 3.23. The van der Waals surface area contributed by atoms with Crippen molar-refractivity contribution in [2.45, 2.75) is 19.9 Å². The van der Waals surface area contributed by atoms with Gasteiger partial charge in [-0.05, 0) is 60.2 Å². The number of nitrogens with zero attached hydrogens (tertiary/aromatic N) is 1. The first-order valence-electron chi connectivity index (χ1n) is 6.35. The van der Waals surface area contributed by atoms with Gasteiger partial charge in [0.2, 0.25) is 0 Å². The molecule has 0 bridgehead atoms. The van der Waals surface area contributed by atoms with E-state index in [1.165, 1.54) is 0 Å². The zero-order valence-corrected chi connectivity index (χ0v) is 14.5. The highest BCUT2D eigenvalue weighted by Crippen LogP contribution is 2.29. The summed E-state index contributed by atoms with van der Waals surface area (Å²) in [5.74, 6) is 0. The highest BCUT2D eigenvalue weighted by atomic mass is 127. The molecule has 2 aromatic carbocycles. The van der Waals surface area contributed by atoms with Crippen molar-refractivity contribution in [2.24, 2.45) is 0 Å². The second kappa shape index (κ2) is 6.62. The number of anilines is 1. The van der Waals surface area contributed by atoms with Crippen molar-refractivity contribution in [2.75, 3.05) is 5.32 Å². The third kappa shape index (κ3) is 3.85. The van der Waals surface area contributed by atoms with Crippen LogP contribution in [0.1, 0.15) is 24.1 Å². The predicted octanol–water partition coefficient (Wildman–Crippen LogP) is 5.33. The van der Waals surface area contributed by atoms with E-state index in [-0.39, 0.29) is 16.7 Å². The number of aryl methyl sites for hydroxylation is 1. The van der Waals surface area contributed by atoms with Gasteiger partial charge in [-0.1, -0.05) is 23.7 Å². The SMILES string of the molecule is Cc1ccc(C(C)Nc2ccc(I)cc2Cl)cc1[N+](=O)[O-]. The largest absolute Gasteiger partial charge is 0.377 e. The van der Waals surface area contributed by atoms with Crippen molar-refractivity contribution in [1.29, 1.82) is 0 Å². The average Bonchev–Trinajstić information content (AvgIpc) is 2.42. The van der Waals surface area contributed by atoms with Crippen molar-refractivity contribution in [3.8, 4) is 0 Å². The van der Waals surface area contributed by atoms with Crippen LogP contribution in [0.2, 0.25) is 5.02 Å². The Morgan fingerprint density at radius 1 is 1.29 bits per heavy atom. The molecule has 6 heteroatoms. The highest BCUT2D eigenvalue weighted by Gasteiger charge is 2.15. The van der Waals surface area contributed by atoms with Crippen molar-refractivity contribution in [1.82, 2.24) is 0 Å². The Bertz CT molecular complexity index is 691. The zero-order valence-electron chi connectivity index (χ0n) is 11.6. The number of hydrogen-bond donors (Lipinski definition) is 1. The number of halogens is 2. The molecule has 0 spiro atoms. The molecular weight excluding hydrogens is 403 g/mol. The third-order valence-corrected chi connectivity index (χ3v) is 4.22. The van der Waals surface area contributed by atoms with Crippen LogP contribution in [0.25, 0.3) is 0 Å². The van der Waals surface area contributed by atoms with Crippen LogP contribution in [0, 0.1) is 20.6 Å². The number of nitrogens with one attached hydrogen (secondary N) is 1. The lowest BCUT2D eigenvalue weighted by Crippen LogP contribution is -2.08. The number of rotatable bonds is 4. The summed E-state index contributed by atoms with van der Waals surface area (Å²) in [4.78, 5) is 10.7. The fourth-order valence-electron chi connectivity index (χ4n) is 2.02. The molecule has 0 aliphatic rings. The van der Waals surface area contributed by atoms with Gasteiger partial charge in [0.15, 0.2) is 0 Å². The highest BCUT2D eigenvalue weighted by molar-refractivity contribution is 14.1. The van der Waals surface area contributed by atoms with E-state index in [2.05, 4.69) is 27.9 Å². The van der Waals surface area contributed by atoms with Crippen LogP contribution in [0.3, 0.4) is 0 Å². The fraction of sp³-hybridized carbons (Fsp3) is 0.200. The van der Waals surface area contributed by atoms with E-state index in [1.54, 1.807) is 19.1 Å². The molecule has 110 valence electrons. The van der Waals surface area contributed by atoms with Gasteiger partial charge in [-0.2, -0.15) is 0 Å². The monoisotopic (exact) mass is 416 g/mol. The molecule has 0 aromatic heterocycles. The van der Waals surface area contributed by atoms with Crippen LogP contribution < -0.4 is 5.32 Å². The molecule has 2 rings (SSSR count). The number of nitro benzene ring substituents is 1.